The van der Waals surface area contributed by atoms with E-state index in [2.05, 4.69) is 4.72 Å². The SMILES string of the molecule is CCC(C)(CCCl)NS(=O)(=O)N1CCOCC1. The van der Waals surface area contributed by atoms with Gasteiger partial charge < -0.3 is 4.74 Å². The molecular formula is C10H21ClN2O3S. The van der Waals surface area contributed by atoms with Gasteiger partial charge in [0.2, 0.25) is 0 Å². The fraction of sp³-hybridized carbons (Fsp3) is 1.00. The van der Waals surface area contributed by atoms with Gasteiger partial charge in [0.05, 0.1) is 13.2 Å². The lowest BCUT2D eigenvalue weighted by atomic mass is 9.97. The third kappa shape index (κ3) is 4.37. The summed E-state index contributed by atoms with van der Waals surface area (Å²) in [4.78, 5) is 0. The molecule has 0 spiro atoms. The van der Waals surface area contributed by atoms with Crippen LogP contribution in [0.5, 0.6) is 0 Å². The Kier molecular flexibility index (Phi) is 5.66. The second-order valence-corrected chi connectivity index (χ2v) is 6.52. The predicted octanol–water partition coefficient (Wildman–Crippen LogP) is 0.951. The molecule has 0 aromatic heterocycles. The van der Waals surface area contributed by atoms with Crippen LogP contribution in [0.3, 0.4) is 0 Å². The van der Waals surface area contributed by atoms with E-state index in [0.29, 0.717) is 45.0 Å². The van der Waals surface area contributed by atoms with Gasteiger partial charge in [0.25, 0.3) is 10.2 Å². The molecule has 0 aromatic carbocycles. The van der Waals surface area contributed by atoms with Gasteiger partial charge in [-0.15, -0.1) is 11.6 Å². The van der Waals surface area contributed by atoms with Crippen molar-refractivity contribution >= 4 is 21.8 Å². The minimum Gasteiger partial charge on any atom is -0.379 e. The van der Waals surface area contributed by atoms with Gasteiger partial charge in [0.1, 0.15) is 0 Å². The molecule has 1 fully saturated rings. The molecule has 1 unspecified atom stereocenters. The van der Waals surface area contributed by atoms with Crippen LogP contribution in [0.25, 0.3) is 0 Å². The summed E-state index contributed by atoms with van der Waals surface area (Å²) in [5.41, 5.74) is -0.473. The van der Waals surface area contributed by atoms with Crippen LogP contribution >= 0.6 is 11.6 Å². The first kappa shape index (κ1) is 15.2. The first-order valence-corrected chi connectivity index (χ1v) is 7.84. The number of nitrogens with zero attached hydrogens (tertiary/aromatic N) is 1. The standard InChI is InChI=1S/C10H21ClN2O3S/c1-3-10(2,4-5-11)12-17(14,15)13-6-8-16-9-7-13/h12H,3-9H2,1-2H3. The molecule has 5 nitrogen and oxygen atoms in total. The Morgan fingerprint density at radius 3 is 2.47 bits per heavy atom. The molecule has 1 rings (SSSR count). The molecule has 17 heavy (non-hydrogen) atoms. The third-order valence-electron chi connectivity index (χ3n) is 3.11. The Bertz CT molecular complexity index is 330. The molecule has 0 bridgehead atoms. The van der Waals surface area contributed by atoms with Gasteiger partial charge >= 0.3 is 0 Å². The molecule has 1 heterocycles. The van der Waals surface area contributed by atoms with Crippen LogP contribution in [0.4, 0.5) is 0 Å². The van der Waals surface area contributed by atoms with Gasteiger partial charge in [0.15, 0.2) is 0 Å². The Morgan fingerprint density at radius 2 is 2.00 bits per heavy atom. The second-order valence-electron chi connectivity index (χ2n) is 4.47. The minimum absolute atomic E-state index is 0.413. The highest BCUT2D eigenvalue weighted by Crippen LogP contribution is 2.18. The van der Waals surface area contributed by atoms with Crippen LogP contribution in [0.15, 0.2) is 0 Å². The van der Waals surface area contributed by atoms with Crippen molar-refractivity contribution < 1.29 is 13.2 Å². The summed E-state index contributed by atoms with van der Waals surface area (Å²) in [5.74, 6) is 0.440. The van der Waals surface area contributed by atoms with E-state index in [1.165, 1.54) is 4.31 Å². The molecule has 7 heteroatoms. The lowest BCUT2D eigenvalue weighted by molar-refractivity contribution is 0.0719. The number of alkyl halides is 1. The molecule has 1 saturated heterocycles. The molecule has 0 aliphatic carbocycles. The average molecular weight is 285 g/mol. The lowest BCUT2D eigenvalue weighted by Crippen LogP contribution is -2.54. The Morgan fingerprint density at radius 1 is 1.41 bits per heavy atom. The average Bonchev–Trinajstić information content (AvgIpc) is 2.30. The highest BCUT2D eigenvalue weighted by atomic mass is 35.5. The van der Waals surface area contributed by atoms with E-state index in [9.17, 15) is 8.42 Å². The Hall–Kier alpha value is 0.120. The third-order valence-corrected chi connectivity index (χ3v) is 5.10. The molecule has 0 amide bonds. The number of halogens is 1. The molecule has 1 aliphatic rings. The van der Waals surface area contributed by atoms with E-state index < -0.39 is 15.7 Å². The lowest BCUT2D eigenvalue weighted by Gasteiger charge is -2.33. The van der Waals surface area contributed by atoms with Crippen molar-refractivity contribution in [3.05, 3.63) is 0 Å². The van der Waals surface area contributed by atoms with Crippen molar-refractivity contribution in [2.75, 3.05) is 32.2 Å². The Labute approximate surface area is 109 Å². The monoisotopic (exact) mass is 284 g/mol. The molecule has 1 atom stereocenters. The van der Waals surface area contributed by atoms with Gasteiger partial charge in [-0.3, -0.25) is 0 Å². The largest absolute Gasteiger partial charge is 0.379 e. The van der Waals surface area contributed by atoms with Crippen molar-refractivity contribution in [2.45, 2.75) is 32.2 Å². The quantitative estimate of drug-likeness (QED) is 0.739. The van der Waals surface area contributed by atoms with Crippen LogP contribution in [0.1, 0.15) is 26.7 Å². The molecule has 0 radical (unpaired) electrons. The van der Waals surface area contributed by atoms with E-state index >= 15 is 0 Å². The fourth-order valence-corrected chi connectivity index (χ4v) is 3.72. The number of hydrogen-bond donors (Lipinski definition) is 1. The minimum atomic E-state index is -3.43. The van der Waals surface area contributed by atoms with Crippen molar-refractivity contribution in [3.8, 4) is 0 Å². The molecular weight excluding hydrogens is 264 g/mol. The summed E-state index contributed by atoms with van der Waals surface area (Å²) < 4.78 is 33.6. The molecule has 0 aromatic rings. The maximum absolute atomic E-state index is 12.2. The Balaban J connectivity index is 2.69. The first-order valence-electron chi connectivity index (χ1n) is 5.86. The zero-order valence-corrected chi connectivity index (χ0v) is 12.0. The number of rotatable bonds is 6. The summed E-state index contributed by atoms with van der Waals surface area (Å²) >= 11 is 5.71. The second kappa shape index (κ2) is 6.33. The van der Waals surface area contributed by atoms with E-state index in [-0.39, 0.29) is 0 Å². The topological polar surface area (TPSA) is 58.6 Å². The van der Waals surface area contributed by atoms with Crippen molar-refractivity contribution in [3.63, 3.8) is 0 Å². The molecule has 0 saturated carbocycles. The van der Waals surface area contributed by atoms with Crippen LogP contribution in [-0.2, 0) is 14.9 Å². The number of hydrogen-bond acceptors (Lipinski definition) is 3. The van der Waals surface area contributed by atoms with E-state index in [1.807, 2.05) is 13.8 Å². The van der Waals surface area contributed by atoms with Crippen molar-refractivity contribution in [2.24, 2.45) is 0 Å². The van der Waals surface area contributed by atoms with Crippen molar-refractivity contribution in [1.29, 1.82) is 0 Å². The summed E-state index contributed by atoms with van der Waals surface area (Å²) in [6.07, 6.45) is 1.33. The van der Waals surface area contributed by atoms with Gasteiger partial charge in [-0.25, -0.2) is 0 Å². The highest BCUT2D eigenvalue weighted by molar-refractivity contribution is 7.87. The molecule has 1 N–H and O–H groups in total. The van der Waals surface area contributed by atoms with Crippen LogP contribution < -0.4 is 4.72 Å². The fourth-order valence-electron chi connectivity index (χ4n) is 1.67. The summed E-state index contributed by atoms with van der Waals surface area (Å²) in [6, 6.07) is 0. The normalized spacial score (nSPS) is 22.3. The van der Waals surface area contributed by atoms with Crippen LogP contribution in [0.2, 0.25) is 0 Å². The van der Waals surface area contributed by atoms with Gasteiger partial charge in [0, 0.05) is 24.5 Å². The summed E-state index contributed by atoms with van der Waals surface area (Å²) in [5, 5.41) is 0. The molecule has 102 valence electrons. The summed E-state index contributed by atoms with van der Waals surface area (Å²) in [6.45, 7) is 5.58. The van der Waals surface area contributed by atoms with E-state index in [0.717, 1.165) is 0 Å². The van der Waals surface area contributed by atoms with Gasteiger partial charge in [-0.2, -0.15) is 17.4 Å². The van der Waals surface area contributed by atoms with Crippen LogP contribution in [0, 0.1) is 0 Å². The number of nitrogens with one attached hydrogen (secondary N) is 1. The summed E-state index contributed by atoms with van der Waals surface area (Å²) in [7, 11) is -3.43. The van der Waals surface area contributed by atoms with Gasteiger partial charge in [-0.05, 0) is 19.8 Å². The zero-order chi connectivity index (χ0) is 12.9. The van der Waals surface area contributed by atoms with Crippen LogP contribution in [-0.4, -0.2) is 50.4 Å². The maximum atomic E-state index is 12.2. The van der Waals surface area contributed by atoms with E-state index in [1.54, 1.807) is 0 Å². The van der Waals surface area contributed by atoms with Crippen molar-refractivity contribution in [1.82, 2.24) is 9.03 Å². The first-order chi connectivity index (χ1) is 7.93. The number of morpholine rings is 1. The maximum Gasteiger partial charge on any atom is 0.280 e. The van der Waals surface area contributed by atoms with Gasteiger partial charge in [-0.1, -0.05) is 6.92 Å². The molecule has 1 aliphatic heterocycles. The smallest absolute Gasteiger partial charge is 0.280 e. The highest BCUT2D eigenvalue weighted by Gasteiger charge is 2.32. The van der Waals surface area contributed by atoms with E-state index in [4.69, 9.17) is 16.3 Å². The predicted molar refractivity (Wildman–Crippen MR) is 68.5 cm³/mol. The zero-order valence-electron chi connectivity index (χ0n) is 10.4. The number of ether oxygens (including phenoxy) is 1.